The molecule has 152 valence electrons. The summed E-state index contributed by atoms with van der Waals surface area (Å²) in [5.74, 6) is -1.62. The molecule has 0 unspecified atom stereocenters. The highest BCUT2D eigenvalue weighted by Crippen LogP contribution is 2.31. The molecule has 3 aromatic rings. The van der Waals surface area contributed by atoms with Crippen molar-refractivity contribution in [2.75, 3.05) is 14.2 Å². The van der Waals surface area contributed by atoms with Crippen molar-refractivity contribution in [2.24, 2.45) is 0 Å². The molecule has 3 rings (SSSR count). The fourth-order valence-electron chi connectivity index (χ4n) is 3.04. The maximum absolute atomic E-state index is 9.55. The van der Waals surface area contributed by atoms with E-state index in [1.54, 1.807) is 7.11 Å². The molecule has 0 amide bonds. The van der Waals surface area contributed by atoms with Gasteiger partial charge in [-0.2, -0.15) is 0 Å². The number of aromatic nitrogens is 1. The molecule has 3 N–H and O–H groups in total. The molecular formula is C22H24N2O5. The first-order valence-corrected chi connectivity index (χ1v) is 8.91. The van der Waals surface area contributed by atoms with Crippen molar-refractivity contribution in [3.63, 3.8) is 0 Å². The summed E-state index contributed by atoms with van der Waals surface area (Å²) < 4.78 is 7.69. The SMILES string of the molecule is CNCc1c(C)n(-c2ccccc2)c2ccc(OC)cc12.O=C(O)/C=C/C(=O)O. The Morgan fingerprint density at radius 2 is 1.69 bits per heavy atom. The lowest BCUT2D eigenvalue weighted by Crippen LogP contribution is -2.06. The van der Waals surface area contributed by atoms with Crippen LogP contribution >= 0.6 is 0 Å². The summed E-state index contributed by atoms with van der Waals surface area (Å²) in [6.07, 6.45) is 1.12. The first-order chi connectivity index (χ1) is 13.9. The van der Waals surface area contributed by atoms with Gasteiger partial charge in [0.25, 0.3) is 0 Å². The highest BCUT2D eigenvalue weighted by Gasteiger charge is 2.15. The molecule has 0 fully saturated rings. The van der Waals surface area contributed by atoms with Crippen LogP contribution in [0.5, 0.6) is 5.75 Å². The number of benzene rings is 2. The van der Waals surface area contributed by atoms with E-state index in [9.17, 15) is 9.59 Å². The Balaban J connectivity index is 0.000000321. The standard InChI is InChI=1S/C18H20N2O.C4H4O4/c1-13-17(12-19-2)16-11-15(21-3)9-10-18(16)20(13)14-7-5-4-6-8-14;5-3(6)1-2-4(7)8/h4-11,19H,12H2,1-3H3;1-2H,(H,5,6)(H,7,8)/b;2-1+. The fraction of sp³-hybridized carbons (Fsp3) is 0.182. The van der Waals surface area contributed by atoms with Crippen molar-refractivity contribution in [2.45, 2.75) is 13.5 Å². The molecule has 0 radical (unpaired) electrons. The van der Waals surface area contributed by atoms with Gasteiger partial charge in [0, 0.05) is 35.5 Å². The van der Waals surface area contributed by atoms with E-state index in [1.165, 1.54) is 27.8 Å². The molecule has 2 aromatic carbocycles. The molecule has 0 bridgehead atoms. The number of hydrogen-bond donors (Lipinski definition) is 3. The number of ether oxygens (including phenoxy) is 1. The molecule has 7 heteroatoms. The maximum atomic E-state index is 9.55. The van der Waals surface area contributed by atoms with Gasteiger partial charge in [-0.05, 0) is 49.9 Å². The van der Waals surface area contributed by atoms with Crippen molar-refractivity contribution in [3.05, 3.63) is 71.9 Å². The van der Waals surface area contributed by atoms with Gasteiger partial charge in [0.1, 0.15) is 5.75 Å². The average molecular weight is 396 g/mol. The lowest BCUT2D eigenvalue weighted by Gasteiger charge is -2.08. The zero-order chi connectivity index (χ0) is 21.4. The summed E-state index contributed by atoms with van der Waals surface area (Å²) in [7, 11) is 3.69. The summed E-state index contributed by atoms with van der Waals surface area (Å²) in [6.45, 7) is 3.02. The number of hydrogen-bond acceptors (Lipinski definition) is 4. The lowest BCUT2D eigenvalue weighted by molar-refractivity contribution is -0.134. The molecule has 0 aliphatic rings. The van der Waals surface area contributed by atoms with Crippen LogP contribution in [0.15, 0.2) is 60.7 Å². The third-order valence-electron chi connectivity index (χ3n) is 4.28. The van der Waals surface area contributed by atoms with E-state index in [1.807, 2.05) is 19.2 Å². The Bertz CT molecular complexity index is 1010. The fourth-order valence-corrected chi connectivity index (χ4v) is 3.04. The molecule has 29 heavy (non-hydrogen) atoms. The highest BCUT2D eigenvalue weighted by atomic mass is 16.5. The van der Waals surface area contributed by atoms with Crippen molar-refractivity contribution in [3.8, 4) is 11.4 Å². The highest BCUT2D eigenvalue weighted by molar-refractivity contribution is 5.90. The lowest BCUT2D eigenvalue weighted by atomic mass is 10.1. The third kappa shape index (κ3) is 5.46. The average Bonchev–Trinajstić information content (AvgIpc) is 2.99. The molecule has 0 saturated carbocycles. The minimum absolute atomic E-state index is 0.558. The smallest absolute Gasteiger partial charge is 0.328 e. The Morgan fingerprint density at radius 1 is 1.07 bits per heavy atom. The summed E-state index contributed by atoms with van der Waals surface area (Å²) >= 11 is 0. The third-order valence-corrected chi connectivity index (χ3v) is 4.28. The van der Waals surface area contributed by atoms with E-state index in [4.69, 9.17) is 14.9 Å². The summed E-state index contributed by atoms with van der Waals surface area (Å²) in [6, 6.07) is 16.7. The van der Waals surface area contributed by atoms with E-state index in [2.05, 4.69) is 53.2 Å². The number of carbonyl (C=O) groups is 2. The van der Waals surface area contributed by atoms with Gasteiger partial charge < -0.3 is 24.8 Å². The molecule has 7 nitrogen and oxygen atoms in total. The summed E-state index contributed by atoms with van der Waals surface area (Å²) in [5.41, 5.74) is 4.98. The number of carboxylic acids is 2. The molecule has 1 heterocycles. The van der Waals surface area contributed by atoms with Gasteiger partial charge >= 0.3 is 11.9 Å². The topological polar surface area (TPSA) is 101 Å². The first-order valence-electron chi connectivity index (χ1n) is 8.91. The molecule has 0 aliphatic carbocycles. The van der Waals surface area contributed by atoms with Crippen LogP contribution in [0.2, 0.25) is 0 Å². The number of carboxylic acid groups (broad SMARTS) is 2. The van der Waals surface area contributed by atoms with Gasteiger partial charge in [-0.15, -0.1) is 0 Å². The van der Waals surface area contributed by atoms with E-state index < -0.39 is 11.9 Å². The van der Waals surface area contributed by atoms with Crippen LogP contribution in [0.4, 0.5) is 0 Å². The Hall–Kier alpha value is -3.58. The van der Waals surface area contributed by atoms with Crippen LogP contribution in [-0.2, 0) is 16.1 Å². The van der Waals surface area contributed by atoms with Gasteiger partial charge in [-0.1, -0.05) is 18.2 Å². The predicted octanol–water partition coefficient (Wildman–Crippen LogP) is 3.38. The van der Waals surface area contributed by atoms with Crippen LogP contribution in [0, 0.1) is 6.92 Å². The number of rotatable bonds is 6. The number of nitrogens with one attached hydrogen (secondary N) is 1. The van der Waals surface area contributed by atoms with E-state index in [0.29, 0.717) is 12.2 Å². The second-order valence-corrected chi connectivity index (χ2v) is 6.16. The Morgan fingerprint density at radius 3 is 2.21 bits per heavy atom. The number of nitrogens with zero attached hydrogens (tertiary/aromatic N) is 1. The molecular weight excluding hydrogens is 372 g/mol. The van der Waals surface area contributed by atoms with E-state index in [0.717, 1.165) is 12.3 Å². The zero-order valence-corrected chi connectivity index (χ0v) is 16.5. The molecule has 0 aliphatic heterocycles. The van der Waals surface area contributed by atoms with Gasteiger partial charge in [0.2, 0.25) is 0 Å². The van der Waals surface area contributed by atoms with Crippen molar-refractivity contribution < 1.29 is 24.5 Å². The van der Waals surface area contributed by atoms with Crippen LogP contribution in [0.1, 0.15) is 11.3 Å². The second-order valence-electron chi connectivity index (χ2n) is 6.16. The van der Waals surface area contributed by atoms with Crippen LogP contribution in [-0.4, -0.2) is 40.9 Å². The van der Waals surface area contributed by atoms with E-state index >= 15 is 0 Å². The van der Waals surface area contributed by atoms with Gasteiger partial charge in [-0.3, -0.25) is 0 Å². The first kappa shape index (κ1) is 21.7. The van der Waals surface area contributed by atoms with Crippen molar-refractivity contribution >= 4 is 22.8 Å². The second kappa shape index (κ2) is 10.1. The van der Waals surface area contributed by atoms with Gasteiger partial charge in [-0.25, -0.2) is 9.59 Å². The van der Waals surface area contributed by atoms with Crippen LogP contribution in [0.3, 0.4) is 0 Å². The summed E-state index contributed by atoms with van der Waals surface area (Å²) in [4.78, 5) is 19.1. The van der Waals surface area contributed by atoms with Crippen LogP contribution < -0.4 is 10.1 Å². The molecule has 0 saturated heterocycles. The zero-order valence-electron chi connectivity index (χ0n) is 16.5. The summed E-state index contributed by atoms with van der Waals surface area (Å²) in [5, 5.41) is 20.1. The number of para-hydroxylation sites is 1. The van der Waals surface area contributed by atoms with Gasteiger partial charge in [0.05, 0.1) is 12.6 Å². The quantitative estimate of drug-likeness (QED) is 0.552. The van der Waals surface area contributed by atoms with Crippen molar-refractivity contribution in [1.82, 2.24) is 9.88 Å². The van der Waals surface area contributed by atoms with Gasteiger partial charge in [0.15, 0.2) is 0 Å². The normalized spacial score (nSPS) is 10.6. The van der Waals surface area contributed by atoms with Crippen LogP contribution in [0.25, 0.3) is 16.6 Å². The molecule has 1 aromatic heterocycles. The van der Waals surface area contributed by atoms with Crippen molar-refractivity contribution in [1.29, 1.82) is 0 Å². The Labute approximate surface area is 168 Å². The number of methoxy groups -OCH3 is 1. The molecule has 0 atom stereocenters. The Kier molecular flexibility index (Phi) is 7.56. The minimum Gasteiger partial charge on any atom is -0.497 e. The number of aliphatic carboxylic acids is 2. The minimum atomic E-state index is -1.26. The largest absolute Gasteiger partial charge is 0.497 e. The number of fused-ring (bicyclic) bond motifs is 1. The van der Waals surface area contributed by atoms with E-state index in [-0.39, 0.29) is 0 Å². The monoisotopic (exact) mass is 396 g/mol. The molecule has 0 spiro atoms. The maximum Gasteiger partial charge on any atom is 0.328 e. The predicted molar refractivity (Wildman–Crippen MR) is 112 cm³/mol.